The van der Waals surface area contributed by atoms with Crippen molar-refractivity contribution in [3.63, 3.8) is 0 Å². The lowest BCUT2D eigenvalue weighted by atomic mass is 9.76. The van der Waals surface area contributed by atoms with E-state index in [1.807, 2.05) is 0 Å². The molecular formula is C21H36N4OS. The van der Waals surface area contributed by atoms with Gasteiger partial charge in [0.05, 0.1) is 17.3 Å². The molecule has 27 heavy (non-hydrogen) atoms. The molecule has 2 saturated heterocycles. The normalized spacial score (nSPS) is 24.4. The number of thiazole rings is 1. The lowest BCUT2D eigenvalue weighted by Crippen LogP contribution is -2.53. The third kappa shape index (κ3) is 5.44. The van der Waals surface area contributed by atoms with Crippen LogP contribution in [0.5, 0.6) is 0 Å². The van der Waals surface area contributed by atoms with E-state index in [2.05, 4.69) is 43.3 Å². The summed E-state index contributed by atoms with van der Waals surface area (Å²) in [5, 5.41) is 6.89. The summed E-state index contributed by atoms with van der Waals surface area (Å²) in [6.45, 7) is 14.5. The Bertz CT molecular complexity index is 623. The number of nitrogens with zero attached hydrogens (tertiary/aromatic N) is 3. The first-order chi connectivity index (χ1) is 12.9. The zero-order chi connectivity index (χ0) is 19.3. The van der Waals surface area contributed by atoms with Crippen molar-refractivity contribution in [1.82, 2.24) is 15.2 Å². The molecule has 6 heteroatoms. The number of guanidine groups is 1. The molecule has 0 aromatic carbocycles. The molecule has 1 aromatic rings. The highest BCUT2D eigenvalue weighted by atomic mass is 32.1. The molecule has 1 spiro atoms. The van der Waals surface area contributed by atoms with Gasteiger partial charge in [0.2, 0.25) is 0 Å². The first-order valence-electron chi connectivity index (χ1n) is 10.5. The van der Waals surface area contributed by atoms with Crippen molar-refractivity contribution in [3.8, 4) is 0 Å². The van der Waals surface area contributed by atoms with Gasteiger partial charge in [0.15, 0.2) is 5.96 Å². The van der Waals surface area contributed by atoms with E-state index in [0.717, 1.165) is 51.8 Å². The molecule has 3 heterocycles. The maximum absolute atomic E-state index is 5.83. The van der Waals surface area contributed by atoms with E-state index in [1.54, 1.807) is 11.3 Å². The molecule has 3 rings (SSSR count). The Morgan fingerprint density at radius 1 is 1.37 bits per heavy atom. The number of nitrogens with one attached hydrogen (secondary N) is 1. The predicted molar refractivity (Wildman–Crippen MR) is 114 cm³/mol. The van der Waals surface area contributed by atoms with E-state index in [9.17, 15) is 0 Å². The van der Waals surface area contributed by atoms with E-state index in [-0.39, 0.29) is 5.41 Å². The molecule has 0 radical (unpaired) electrons. The second-order valence-corrected chi connectivity index (χ2v) is 9.99. The first kappa shape index (κ1) is 20.6. The van der Waals surface area contributed by atoms with Crippen molar-refractivity contribution >= 4 is 17.3 Å². The van der Waals surface area contributed by atoms with Gasteiger partial charge in [-0.25, -0.2) is 4.98 Å². The SMILES string of the molecule is CCNC(=NCCc1nc(C(C)(C)C)cs1)N1CCCC2(CCCOC2)C1. The minimum atomic E-state index is 0.122. The van der Waals surface area contributed by atoms with Crippen LogP contribution in [0.25, 0.3) is 0 Å². The van der Waals surface area contributed by atoms with Crippen LogP contribution in [0.1, 0.15) is 64.1 Å². The van der Waals surface area contributed by atoms with Crippen molar-refractivity contribution in [1.29, 1.82) is 0 Å². The second kappa shape index (κ2) is 8.91. The Morgan fingerprint density at radius 2 is 2.19 bits per heavy atom. The Balaban J connectivity index is 1.61. The zero-order valence-electron chi connectivity index (χ0n) is 17.5. The summed E-state index contributed by atoms with van der Waals surface area (Å²) in [5.41, 5.74) is 1.65. The number of aliphatic imine (C=N–C) groups is 1. The summed E-state index contributed by atoms with van der Waals surface area (Å²) >= 11 is 1.76. The van der Waals surface area contributed by atoms with Crippen molar-refractivity contribution < 1.29 is 4.74 Å². The molecule has 1 unspecified atom stereocenters. The third-order valence-electron chi connectivity index (χ3n) is 5.61. The quantitative estimate of drug-likeness (QED) is 0.625. The summed E-state index contributed by atoms with van der Waals surface area (Å²) in [5.74, 6) is 1.06. The molecule has 1 atom stereocenters. The van der Waals surface area contributed by atoms with Gasteiger partial charge in [-0.05, 0) is 32.6 Å². The van der Waals surface area contributed by atoms with Gasteiger partial charge in [-0.2, -0.15) is 0 Å². The van der Waals surface area contributed by atoms with Gasteiger partial charge in [0.25, 0.3) is 0 Å². The number of rotatable bonds is 4. The number of aromatic nitrogens is 1. The van der Waals surface area contributed by atoms with Gasteiger partial charge in [-0.15, -0.1) is 11.3 Å². The van der Waals surface area contributed by atoms with Crippen LogP contribution in [-0.2, 0) is 16.6 Å². The second-order valence-electron chi connectivity index (χ2n) is 9.04. The van der Waals surface area contributed by atoms with Crippen LogP contribution in [0.4, 0.5) is 0 Å². The van der Waals surface area contributed by atoms with Gasteiger partial charge in [0, 0.05) is 55.4 Å². The van der Waals surface area contributed by atoms with Crippen molar-refractivity contribution in [2.24, 2.45) is 10.4 Å². The van der Waals surface area contributed by atoms with Crippen LogP contribution in [0.3, 0.4) is 0 Å². The van der Waals surface area contributed by atoms with Gasteiger partial charge < -0.3 is 15.0 Å². The molecule has 2 fully saturated rings. The van der Waals surface area contributed by atoms with E-state index in [1.165, 1.54) is 36.4 Å². The molecule has 152 valence electrons. The highest BCUT2D eigenvalue weighted by molar-refractivity contribution is 7.09. The summed E-state index contributed by atoms with van der Waals surface area (Å²) < 4.78 is 5.83. The fourth-order valence-corrected chi connectivity index (χ4v) is 5.09. The lowest BCUT2D eigenvalue weighted by molar-refractivity contribution is -0.0370. The average molecular weight is 393 g/mol. The summed E-state index contributed by atoms with van der Waals surface area (Å²) in [7, 11) is 0. The summed E-state index contributed by atoms with van der Waals surface area (Å²) in [4.78, 5) is 12.2. The van der Waals surface area contributed by atoms with Crippen LogP contribution in [-0.4, -0.2) is 55.2 Å². The molecule has 0 aliphatic carbocycles. The maximum Gasteiger partial charge on any atom is 0.193 e. The zero-order valence-corrected chi connectivity index (χ0v) is 18.3. The molecule has 0 amide bonds. The van der Waals surface area contributed by atoms with Gasteiger partial charge >= 0.3 is 0 Å². The molecular weight excluding hydrogens is 356 g/mol. The molecule has 0 bridgehead atoms. The fraction of sp³-hybridized carbons (Fsp3) is 0.810. The highest BCUT2D eigenvalue weighted by Crippen LogP contribution is 2.37. The lowest BCUT2D eigenvalue weighted by Gasteiger charge is -2.45. The minimum Gasteiger partial charge on any atom is -0.381 e. The number of piperidine rings is 1. The molecule has 1 N–H and O–H groups in total. The van der Waals surface area contributed by atoms with E-state index in [0.29, 0.717) is 5.41 Å². The van der Waals surface area contributed by atoms with Gasteiger partial charge in [-0.1, -0.05) is 20.8 Å². The fourth-order valence-electron chi connectivity index (χ4n) is 4.07. The highest BCUT2D eigenvalue weighted by Gasteiger charge is 2.38. The minimum absolute atomic E-state index is 0.122. The molecule has 1 aromatic heterocycles. The van der Waals surface area contributed by atoms with E-state index >= 15 is 0 Å². The third-order valence-corrected chi connectivity index (χ3v) is 6.52. The topological polar surface area (TPSA) is 49.8 Å². The van der Waals surface area contributed by atoms with Crippen molar-refractivity contribution in [2.45, 2.75) is 65.2 Å². The number of hydrogen-bond acceptors (Lipinski definition) is 4. The van der Waals surface area contributed by atoms with E-state index < -0.39 is 0 Å². The standard InChI is InChI=1S/C21H36N4OS/c1-5-22-19(23-11-8-18-24-17(14-27-18)20(2,3)4)25-12-6-9-21(15-25)10-7-13-26-16-21/h14H,5-13,15-16H2,1-4H3,(H,22,23). The molecule has 2 aliphatic rings. The molecule has 2 aliphatic heterocycles. The first-order valence-corrected chi connectivity index (χ1v) is 11.4. The Hall–Kier alpha value is -1.14. The Kier molecular flexibility index (Phi) is 6.79. The van der Waals surface area contributed by atoms with Crippen molar-refractivity contribution in [3.05, 3.63) is 16.1 Å². The Labute approximate surface area is 168 Å². The maximum atomic E-state index is 5.83. The largest absolute Gasteiger partial charge is 0.381 e. The summed E-state index contributed by atoms with van der Waals surface area (Å²) in [6, 6.07) is 0. The van der Waals surface area contributed by atoms with Crippen LogP contribution in [0.15, 0.2) is 10.4 Å². The van der Waals surface area contributed by atoms with Crippen LogP contribution in [0.2, 0.25) is 0 Å². The van der Waals surface area contributed by atoms with Crippen LogP contribution >= 0.6 is 11.3 Å². The van der Waals surface area contributed by atoms with Gasteiger partial charge in [0.1, 0.15) is 0 Å². The smallest absolute Gasteiger partial charge is 0.193 e. The van der Waals surface area contributed by atoms with Crippen molar-refractivity contribution in [2.75, 3.05) is 39.4 Å². The predicted octanol–water partition coefficient (Wildman–Crippen LogP) is 3.84. The summed E-state index contributed by atoms with van der Waals surface area (Å²) in [6.07, 6.45) is 5.92. The van der Waals surface area contributed by atoms with Crippen LogP contribution in [0, 0.1) is 5.41 Å². The molecule has 0 saturated carbocycles. The van der Waals surface area contributed by atoms with E-state index in [4.69, 9.17) is 14.7 Å². The number of ether oxygens (including phenoxy) is 1. The van der Waals surface area contributed by atoms with Crippen LogP contribution < -0.4 is 5.32 Å². The molecule has 5 nitrogen and oxygen atoms in total. The Morgan fingerprint density at radius 3 is 2.85 bits per heavy atom. The number of hydrogen-bond donors (Lipinski definition) is 1. The monoisotopic (exact) mass is 392 g/mol. The average Bonchev–Trinajstić information content (AvgIpc) is 3.11. The number of likely N-dealkylation sites (tertiary alicyclic amines) is 1. The van der Waals surface area contributed by atoms with Gasteiger partial charge in [-0.3, -0.25) is 4.99 Å².